The molecule has 0 bridgehead atoms. The zero-order valence-electron chi connectivity index (χ0n) is 22.1. The number of benzene rings is 2. The molecule has 2 amide bonds. The van der Waals surface area contributed by atoms with Gasteiger partial charge in [-0.3, -0.25) is 9.59 Å². The van der Waals surface area contributed by atoms with Crippen molar-refractivity contribution in [3.63, 3.8) is 0 Å². The normalized spacial score (nSPS) is 12.5. The number of rotatable bonds is 11. The molecule has 1 atom stereocenters. The van der Waals surface area contributed by atoms with Crippen LogP contribution in [0.25, 0.3) is 0 Å². The van der Waals surface area contributed by atoms with Gasteiger partial charge in [0.05, 0.1) is 5.69 Å². The Morgan fingerprint density at radius 1 is 1.03 bits per heavy atom. The van der Waals surface area contributed by atoms with Crippen molar-refractivity contribution in [3.8, 4) is 0 Å². The first kappa shape index (κ1) is 29.3. The van der Waals surface area contributed by atoms with Crippen LogP contribution in [0, 0.1) is 25.6 Å². The van der Waals surface area contributed by atoms with Gasteiger partial charge in [-0.15, -0.1) is 0 Å². The zero-order valence-corrected chi connectivity index (χ0v) is 22.9. The van der Waals surface area contributed by atoms with Crippen LogP contribution in [0.1, 0.15) is 37.5 Å². The van der Waals surface area contributed by atoms with E-state index in [2.05, 4.69) is 5.32 Å². The highest BCUT2D eigenvalue weighted by Gasteiger charge is 2.33. The summed E-state index contributed by atoms with van der Waals surface area (Å²) in [7, 11) is -1.29. The van der Waals surface area contributed by atoms with Crippen LogP contribution in [0.4, 0.5) is 10.1 Å². The first-order valence-electron chi connectivity index (χ1n) is 11.8. The third-order valence-electron chi connectivity index (χ3n) is 5.80. The van der Waals surface area contributed by atoms with Gasteiger partial charge in [-0.25, -0.2) is 8.70 Å². The smallest absolute Gasteiger partial charge is 0.304 e. The van der Waals surface area contributed by atoms with E-state index in [1.807, 2.05) is 26.8 Å². The molecule has 1 N–H and O–H groups in total. The van der Waals surface area contributed by atoms with E-state index < -0.39 is 40.4 Å². The molecule has 2 rings (SSSR count). The second kappa shape index (κ2) is 12.3. The third kappa shape index (κ3) is 7.27. The molecule has 10 heteroatoms. The Morgan fingerprint density at radius 2 is 1.67 bits per heavy atom. The molecular weight excluding hydrogens is 483 g/mol. The molecule has 2 aromatic rings. The number of anilines is 1. The van der Waals surface area contributed by atoms with Crippen LogP contribution in [0.15, 0.2) is 42.5 Å². The minimum Gasteiger partial charge on any atom is -0.354 e. The van der Waals surface area contributed by atoms with Gasteiger partial charge >= 0.3 is 10.2 Å². The lowest BCUT2D eigenvalue weighted by atomic mass is 10.1. The van der Waals surface area contributed by atoms with Crippen LogP contribution in [0.3, 0.4) is 0 Å². The number of hydrogen-bond acceptors (Lipinski definition) is 4. The quantitative estimate of drug-likeness (QED) is 0.493. The zero-order chi connectivity index (χ0) is 27.2. The Hall–Kier alpha value is -2.98. The number of nitrogens with one attached hydrogen (secondary N) is 1. The molecule has 0 saturated heterocycles. The fraction of sp³-hybridized carbons (Fsp3) is 0.462. The molecule has 0 aliphatic carbocycles. The second-order valence-corrected chi connectivity index (χ2v) is 11.6. The maximum absolute atomic E-state index is 14.5. The van der Waals surface area contributed by atoms with Gasteiger partial charge in [0.15, 0.2) is 0 Å². The first-order valence-corrected chi connectivity index (χ1v) is 13.2. The van der Waals surface area contributed by atoms with E-state index >= 15 is 0 Å². The Morgan fingerprint density at radius 3 is 2.25 bits per heavy atom. The van der Waals surface area contributed by atoms with Gasteiger partial charge in [-0.05, 0) is 49.9 Å². The minimum atomic E-state index is -4.06. The van der Waals surface area contributed by atoms with E-state index in [1.165, 1.54) is 37.2 Å². The molecule has 2 aromatic carbocycles. The fourth-order valence-electron chi connectivity index (χ4n) is 3.54. The molecule has 0 aliphatic heterocycles. The molecule has 0 heterocycles. The lowest BCUT2D eigenvalue weighted by Gasteiger charge is -2.33. The maximum Gasteiger partial charge on any atom is 0.304 e. The Labute approximate surface area is 214 Å². The van der Waals surface area contributed by atoms with Crippen LogP contribution < -0.4 is 9.62 Å². The number of carbonyl (C=O) groups excluding carboxylic acids is 2. The highest BCUT2D eigenvalue weighted by atomic mass is 32.2. The minimum absolute atomic E-state index is 0.190. The van der Waals surface area contributed by atoms with Crippen molar-refractivity contribution in [2.24, 2.45) is 5.92 Å². The average molecular weight is 521 g/mol. The van der Waals surface area contributed by atoms with E-state index in [0.717, 1.165) is 14.2 Å². The predicted octanol–water partition coefficient (Wildman–Crippen LogP) is 3.24. The second-order valence-electron chi connectivity index (χ2n) is 9.51. The van der Waals surface area contributed by atoms with E-state index in [4.69, 9.17) is 0 Å². The van der Waals surface area contributed by atoms with Gasteiger partial charge in [-0.2, -0.15) is 12.7 Å². The van der Waals surface area contributed by atoms with Crippen molar-refractivity contribution in [3.05, 3.63) is 65.0 Å². The SMILES string of the molecule is Cc1ccc(C)c(N(CC(=O)N(Cc2ccccc2F)[C@@H](C)C(=O)NCC(C)C)S(=O)(=O)N(C)C)c1. The summed E-state index contributed by atoms with van der Waals surface area (Å²) < 4.78 is 43.1. The van der Waals surface area contributed by atoms with Crippen molar-refractivity contribution in [1.29, 1.82) is 0 Å². The Bertz CT molecular complexity index is 1180. The summed E-state index contributed by atoms with van der Waals surface area (Å²) in [6.45, 7) is 8.70. The molecular formula is C26H37FN4O4S. The lowest BCUT2D eigenvalue weighted by Crippen LogP contribution is -2.52. The molecule has 0 saturated carbocycles. The topological polar surface area (TPSA) is 90.0 Å². The lowest BCUT2D eigenvalue weighted by molar-refractivity contribution is -0.139. The molecule has 0 unspecified atom stereocenters. The van der Waals surface area contributed by atoms with Crippen LogP contribution in [0.5, 0.6) is 0 Å². The van der Waals surface area contributed by atoms with Crippen LogP contribution in [-0.4, -0.2) is 62.7 Å². The molecule has 8 nitrogen and oxygen atoms in total. The summed E-state index contributed by atoms with van der Waals surface area (Å²) in [5, 5.41) is 2.80. The summed E-state index contributed by atoms with van der Waals surface area (Å²) in [6, 6.07) is 10.4. The predicted molar refractivity (Wildman–Crippen MR) is 140 cm³/mol. The fourth-order valence-corrected chi connectivity index (χ4v) is 4.65. The number of halogens is 1. The Kier molecular flexibility index (Phi) is 10.0. The van der Waals surface area contributed by atoms with Crippen molar-refractivity contribution in [1.82, 2.24) is 14.5 Å². The number of nitrogens with zero attached hydrogens (tertiary/aromatic N) is 3. The summed E-state index contributed by atoms with van der Waals surface area (Å²) >= 11 is 0. The summed E-state index contributed by atoms with van der Waals surface area (Å²) in [6.07, 6.45) is 0. The van der Waals surface area contributed by atoms with Crippen molar-refractivity contribution in [2.75, 3.05) is 31.5 Å². The van der Waals surface area contributed by atoms with Crippen LogP contribution in [-0.2, 0) is 26.3 Å². The van der Waals surface area contributed by atoms with Crippen molar-refractivity contribution >= 4 is 27.7 Å². The monoisotopic (exact) mass is 520 g/mol. The molecule has 36 heavy (non-hydrogen) atoms. The number of hydrogen-bond donors (Lipinski definition) is 1. The first-order chi connectivity index (χ1) is 16.7. The summed E-state index contributed by atoms with van der Waals surface area (Å²) in [5.41, 5.74) is 2.08. The number of amides is 2. The van der Waals surface area contributed by atoms with Gasteiger partial charge in [0, 0.05) is 32.7 Å². The standard InChI is InChI=1S/C26H37FN4O4S/c1-18(2)15-28-26(33)21(5)30(16-22-10-8-9-11-23(22)27)25(32)17-31(36(34,35)29(6)7)24-14-19(3)12-13-20(24)4/h8-14,18,21H,15-17H2,1-7H3,(H,28,33)/t21-/m0/s1. The van der Waals surface area contributed by atoms with Gasteiger partial charge in [0.1, 0.15) is 18.4 Å². The molecule has 0 spiro atoms. The van der Waals surface area contributed by atoms with E-state index in [-0.39, 0.29) is 18.0 Å². The molecule has 198 valence electrons. The highest BCUT2D eigenvalue weighted by Crippen LogP contribution is 2.26. The van der Waals surface area contributed by atoms with Crippen molar-refractivity contribution < 1.29 is 22.4 Å². The van der Waals surface area contributed by atoms with Crippen LogP contribution >= 0.6 is 0 Å². The molecule has 0 fully saturated rings. The number of carbonyl (C=O) groups is 2. The summed E-state index contributed by atoms with van der Waals surface area (Å²) in [5.74, 6) is -1.35. The Balaban J connectivity index is 2.50. The van der Waals surface area contributed by atoms with E-state index in [0.29, 0.717) is 17.8 Å². The van der Waals surface area contributed by atoms with Gasteiger partial charge < -0.3 is 10.2 Å². The third-order valence-corrected chi connectivity index (χ3v) is 7.61. The van der Waals surface area contributed by atoms with E-state index in [9.17, 15) is 22.4 Å². The van der Waals surface area contributed by atoms with Gasteiger partial charge in [-0.1, -0.05) is 44.2 Å². The number of aryl methyl sites for hydroxylation is 2. The van der Waals surface area contributed by atoms with Gasteiger partial charge in [0.25, 0.3) is 0 Å². The maximum atomic E-state index is 14.5. The largest absolute Gasteiger partial charge is 0.354 e. The molecule has 0 aromatic heterocycles. The van der Waals surface area contributed by atoms with Crippen LogP contribution in [0.2, 0.25) is 0 Å². The van der Waals surface area contributed by atoms with E-state index in [1.54, 1.807) is 32.0 Å². The molecule has 0 aliphatic rings. The average Bonchev–Trinajstić information content (AvgIpc) is 2.81. The highest BCUT2D eigenvalue weighted by molar-refractivity contribution is 7.90. The summed E-state index contributed by atoms with van der Waals surface area (Å²) in [4.78, 5) is 27.8. The van der Waals surface area contributed by atoms with Crippen molar-refractivity contribution in [2.45, 2.75) is 47.2 Å². The molecule has 0 radical (unpaired) electrons. The van der Waals surface area contributed by atoms with Gasteiger partial charge in [0.2, 0.25) is 11.8 Å².